The summed E-state index contributed by atoms with van der Waals surface area (Å²) in [6.45, 7) is 5.16. The first kappa shape index (κ1) is 15.5. The summed E-state index contributed by atoms with van der Waals surface area (Å²) in [5, 5.41) is 3.32. The molecule has 2 rings (SSSR count). The first-order chi connectivity index (χ1) is 10.3. The average molecular weight is 285 g/mol. The zero-order chi connectivity index (χ0) is 14.9. The Labute approximate surface area is 126 Å². The van der Waals surface area contributed by atoms with Crippen molar-refractivity contribution < 1.29 is 9.47 Å². The second kappa shape index (κ2) is 8.45. The van der Waals surface area contributed by atoms with Crippen LogP contribution in [0.1, 0.15) is 16.7 Å². The van der Waals surface area contributed by atoms with Gasteiger partial charge >= 0.3 is 0 Å². The second-order valence-corrected chi connectivity index (χ2v) is 5.03. The quantitative estimate of drug-likeness (QED) is 0.755. The van der Waals surface area contributed by atoms with Crippen LogP contribution < -0.4 is 10.1 Å². The van der Waals surface area contributed by atoms with Crippen molar-refractivity contribution in [1.82, 2.24) is 5.32 Å². The number of rotatable bonds is 8. The third-order valence-electron chi connectivity index (χ3n) is 3.39. The molecule has 0 heterocycles. The molecular weight excluding hydrogens is 262 g/mol. The fraction of sp³-hybridized carbons (Fsp3) is 0.333. The predicted molar refractivity (Wildman–Crippen MR) is 85.5 cm³/mol. The summed E-state index contributed by atoms with van der Waals surface area (Å²) in [5.41, 5.74) is 3.73. The van der Waals surface area contributed by atoms with Gasteiger partial charge in [-0.1, -0.05) is 36.4 Å². The van der Waals surface area contributed by atoms with Gasteiger partial charge in [-0.25, -0.2) is 0 Å². The van der Waals surface area contributed by atoms with E-state index in [0.29, 0.717) is 6.61 Å². The van der Waals surface area contributed by atoms with Crippen molar-refractivity contribution in [1.29, 1.82) is 0 Å². The van der Waals surface area contributed by atoms with Gasteiger partial charge < -0.3 is 14.8 Å². The zero-order valence-electron chi connectivity index (χ0n) is 12.8. The monoisotopic (exact) mass is 285 g/mol. The van der Waals surface area contributed by atoms with Gasteiger partial charge in [0, 0.05) is 20.2 Å². The van der Waals surface area contributed by atoms with E-state index in [0.717, 1.165) is 25.4 Å². The minimum atomic E-state index is 0.609. The molecule has 0 saturated carbocycles. The molecular formula is C18H23NO2. The van der Waals surface area contributed by atoms with Crippen LogP contribution in [-0.2, 0) is 17.9 Å². The summed E-state index contributed by atoms with van der Waals surface area (Å²) in [5.74, 6) is 0.902. The molecule has 0 spiro atoms. The van der Waals surface area contributed by atoms with Crippen LogP contribution in [0.25, 0.3) is 0 Å². The number of methoxy groups -OCH3 is 1. The maximum atomic E-state index is 5.83. The molecule has 0 radical (unpaired) electrons. The summed E-state index contributed by atoms with van der Waals surface area (Å²) in [6, 6.07) is 16.5. The average Bonchev–Trinajstić information content (AvgIpc) is 2.52. The highest BCUT2D eigenvalue weighted by molar-refractivity contribution is 5.29. The number of aryl methyl sites for hydroxylation is 1. The van der Waals surface area contributed by atoms with E-state index < -0.39 is 0 Å². The molecule has 0 amide bonds. The van der Waals surface area contributed by atoms with Crippen LogP contribution >= 0.6 is 0 Å². The van der Waals surface area contributed by atoms with Crippen LogP contribution in [0.2, 0.25) is 0 Å². The smallest absolute Gasteiger partial charge is 0.119 e. The molecule has 0 unspecified atom stereocenters. The lowest BCUT2D eigenvalue weighted by molar-refractivity contribution is 0.199. The van der Waals surface area contributed by atoms with Gasteiger partial charge in [-0.05, 0) is 35.7 Å². The standard InChI is InChI=1S/C18H23NO2/c1-15-5-3-4-6-17(15)14-21-18-9-7-16(8-10-18)13-19-11-12-20-2/h3-10,19H,11-14H2,1-2H3. The lowest BCUT2D eigenvalue weighted by Crippen LogP contribution is -2.18. The Hall–Kier alpha value is -1.84. The Bertz CT molecular complexity index is 537. The van der Waals surface area contributed by atoms with Crippen molar-refractivity contribution in [2.45, 2.75) is 20.1 Å². The van der Waals surface area contributed by atoms with Gasteiger partial charge in [0.2, 0.25) is 0 Å². The van der Waals surface area contributed by atoms with Gasteiger partial charge in [-0.15, -0.1) is 0 Å². The molecule has 0 fully saturated rings. The Morgan fingerprint density at radius 3 is 2.48 bits per heavy atom. The maximum Gasteiger partial charge on any atom is 0.119 e. The third-order valence-corrected chi connectivity index (χ3v) is 3.39. The summed E-state index contributed by atoms with van der Waals surface area (Å²) in [6.07, 6.45) is 0. The number of nitrogens with one attached hydrogen (secondary N) is 1. The molecule has 0 saturated heterocycles. The van der Waals surface area contributed by atoms with Gasteiger partial charge in [-0.3, -0.25) is 0 Å². The molecule has 112 valence electrons. The van der Waals surface area contributed by atoms with Crippen LogP contribution in [-0.4, -0.2) is 20.3 Å². The van der Waals surface area contributed by atoms with Gasteiger partial charge in [0.1, 0.15) is 12.4 Å². The van der Waals surface area contributed by atoms with Gasteiger partial charge in [0.15, 0.2) is 0 Å². The molecule has 3 nitrogen and oxygen atoms in total. The van der Waals surface area contributed by atoms with Crippen LogP contribution in [0.4, 0.5) is 0 Å². The Morgan fingerprint density at radius 2 is 1.76 bits per heavy atom. The highest BCUT2D eigenvalue weighted by Crippen LogP contribution is 2.15. The molecule has 0 atom stereocenters. The Balaban J connectivity index is 1.81. The molecule has 0 aliphatic rings. The fourth-order valence-corrected chi connectivity index (χ4v) is 2.04. The normalized spacial score (nSPS) is 10.6. The summed E-state index contributed by atoms with van der Waals surface area (Å²) in [7, 11) is 1.71. The van der Waals surface area contributed by atoms with E-state index >= 15 is 0 Å². The number of hydrogen-bond donors (Lipinski definition) is 1. The van der Waals surface area contributed by atoms with Crippen molar-refractivity contribution in [2.24, 2.45) is 0 Å². The van der Waals surface area contributed by atoms with Crippen LogP contribution in [0, 0.1) is 6.92 Å². The lowest BCUT2D eigenvalue weighted by atomic mass is 10.1. The highest BCUT2D eigenvalue weighted by atomic mass is 16.5. The van der Waals surface area contributed by atoms with E-state index in [1.807, 2.05) is 24.3 Å². The molecule has 2 aromatic rings. The minimum absolute atomic E-state index is 0.609. The topological polar surface area (TPSA) is 30.5 Å². The molecule has 3 heteroatoms. The zero-order valence-corrected chi connectivity index (χ0v) is 12.8. The maximum absolute atomic E-state index is 5.83. The van der Waals surface area contributed by atoms with Crippen molar-refractivity contribution in [3.63, 3.8) is 0 Å². The molecule has 0 bridgehead atoms. The van der Waals surface area contributed by atoms with Crippen LogP contribution in [0.3, 0.4) is 0 Å². The van der Waals surface area contributed by atoms with Crippen LogP contribution in [0.5, 0.6) is 5.75 Å². The van der Waals surface area contributed by atoms with Crippen molar-refractivity contribution >= 4 is 0 Å². The first-order valence-electron chi connectivity index (χ1n) is 7.25. The largest absolute Gasteiger partial charge is 0.489 e. The fourth-order valence-electron chi connectivity index (χ4n) is 2.04. The number of hydrogen-bond acceptors (Lipinski definition) is 3. The minimum Gasteiger partial charge on any atom is -0.489 e. The van der Waals surface area contributed by atoms with E-state index in [-0.39, 0.29) is 0 Å². The van der Waals surface area contributed by atoms with Crippen molar-refractivity contribution in [2.75, 3.05) is 20.3 Å². The number of benzene rings is 2. The Morgan fingerprint density at radius 1 is 1.00 bits per heavy atom. The molecule has 0 aromatic heterocycles. The SMILES string of the molecule is COCCNCc1ccc(OCc2ccccc2C)cc1. The predicted octanol–water partition coefficient (Wildman–Crippen LogP) is 3.31. The van der Waals surface area contributed by atoms with Crippen LogP contribution in [0.15, 0.2) is 48.5 Å². The highest BCUT2D eigenvalue weighted by Gasteiger charge is 1.99. The molecule has 0 aliphatic carbocycles. The van der Waals surface area contributed by atoms with E-state index in [9.17, 15) is 0 Å². The molecule has 2 aromatic carbocycles. The Kier molecular flexibility index (Phi) is 6.25. The molecule has 0 aliphatic heterocycles. The lowest BCUT2D eigenvalue weighted by Gasteiger charge is -2.09. The van der Waals surface area contributed by atoms with Gasteiger partial charge in [0.25, 0.3) is 0 Å². The summed E-state index contributed by atoms with van der Waals surface area (Å²) < 4.78 is 10.8. The number of ether oxygens (including phenoxy) is 2. The van der Waals surface area contributed by atoms with Crippen molar-refractivity contribution in [3.05, 3.63) is 65.2 Å². The molecule has 21 heavy (non-hydrogen) atoms. The van der Waals surface area contributed by atoms with E-state index in [4.69, 9.17) is 9.47 Å². The first-order valence-corrected chi connectivity index (χ1v) is 7.25. The molecule has 1 N–H and O–H groups in total. The summed E-state index contributed by atoms with van der Waals surface area (Å²) in [4.78, 5) is 0. The van der Waals surface area contributed by atoms with E-state index in [2.05, 4.69) is 36.5 Å². The third kappa shape index (κ3) is 5.21. The second-order valence-electron chi connectivity index (χ2n) is 5.03. The van der Waals surface area contributed by atoms with Gasteiger partial charge in [0.05, 0.1) is 6.61 Å². The summed E-state index contributed by atoms with van der Waals surface area (Å²) >= 11 is 0. The van der Waals surface area contributed by atoms with Gasteiger partial charge in [-0.2, -0.15) is 0 Å². The van der Waals surface area contributed by atoms with E-state index in [1.54, 1.807) is 7.11 Å². The van der Waals surface area contributed by atoms with Crippen molar-refractivity contribution in [3.8, 4) is 5.75 Å². The van der Waals surface area contributed by atoms with E-state index in [1.165, 1.54) is 16.7 Å².